The Morgan fingerprint density at radius 2 is 1.31 bits per heavy atom. The lowest BCUT2D eigenvalue weighted by atomic mass is 9.87. The first-order valence-electron chi connectivity index (χ1n) is 13.2. The van der Waals surface area contributed by atoms with Crippen molar-refractivity contribution in [1.82, 2.24) is 19.6 Å². The summed E-state index contributed by atoms with van der Waals surface area (Å²) >= 11 is 11.1. The summed E-state index contributed by atoms with van der Waals surface area (Å²) in [5.41, 5.74) is -0.0774. The molecule has 206 valence electrons. The minimum Gasteiger partial charge on any atom is -0.381 e. The Labute approximate surface area is 228 Å². The van der Waals surface area contributed by atoms with Gasteiger partial charge in [0.15, 0.2) is 5.11 Å². The van der Waals surface area contributed by atoms with Crippen LogP contribution < -0.4 is 0 Å². The highest BCUT2D eigenvalue weighted by Gasteiger charge is 2.38. The Bertz CT molecular complexity index is 726. The van der Waals surface area contributed by atoms with Crippen molar-refractivity contribution < 1.29 is 19.1 Å². The molecular formula is C26H46N4O4S2. The molecule has 0 unspecified atom stereocenters. The predicted octanol–water partition coefficient (Wildman–Crippen LogP) is 4.17. The van der Waals surface area contributed by atoms with E-state index in [-0.39, 0.29) is 29.3 Å². The van der Waals surface area contributed by atoms with Crippen molar-refractivity contribution in [2.75, 3.05) is 65.7 Å². The molecule has 8 nitrogen and oxygen atoms in total. The van der Waals surface area contributed by atoms with Gasteiger partial charge in [0.05, 0.1) is 6.54 Å². The Balaban J connectivity index is 1.52. The van der Waals surface area contributed by atoms with Crippen LogP contribution in [-0.4, -0.2) is 107 Å². The highest BCUT2D eigenvalue weighted by atomic mass is 32.1. The molecule has 2 aliphatic heterocycles. The average Bonchev–Trinajstić information content (AvgIpc) is 3.23. The van der Waals surface area contributed by atoms with Crippen molar-refractivity contribution in [3.63, 3.8) is 0 Å². The second-order valence-electron chi connectivity index (χ2n) is 11.3. The number of rotatable bonds is 17. The van der Waals surface area contributed by atoms with Crippen LogP contribution in [-0.2, 0) is 14.3 Å². The topological polar surface area (TPSA) is 65.6 Å². The van der Waals surface area contributed by atoms with E-state index in [0.717, 1.165) is 55.4 Å². The molecular weight excluding hydrogens is 496 g/mol. The van der Waals surface area contributed by atoms with Gasteiger partial charge in [0.2, 0.25) is 5.91 Å². The van der Waals surface area contributed by atoms with Gasteiger partial charge in [-0.15, -0.1) is 0 Å². The molecule has 2 fully saturated rings. The highest BCUT2D eigenvalue weighted by Crippen LogP contribution is 2.27. The molecule has 0 aliphatic carbocycles. The number of hydrogen-bond acceptors (Lipinski definition) is 6. The summed E-state index contributed by atoms with van der Waals surface area (Å²) in [4.78, 5) is 32.6. The zero-order valence-electron chi connectivity index (χ0n) is 23.1. The third kappa shape index (κ3) is 9.19. The fourth-order valence-electron chi connectivity index (χ4n) is 4.48. The van der Waals surface area contributed by atoms with Crippen molar-refractivity contribution in [2.45, 2.75) is 67.2 Å². The molecule has 0 N–H and O–H groups in total. The highest BCUT2D eigenvalue weighted by molar-refractivity contribution is 7.82. The van der Waals surface area contributed by atoms with Crippen LogP contribution in [0, 0.1) is 10.8 Å². The van der Waals surface area contributed by atoms with E-state index in [1.54, 1.807) is 4.90 Å². The lowest BCUT2D eigenvalue weighted by molar-refractivity contribution is -0.126. The van der Waals surface area contributed by atoms with E-state index in [4.69, 9.17) is 33.9 Å². The molecule has 3 amide bonds. The van der Waals surface area contributed by atoms with Crippen LogP contribution in [0.3, 0.4) is 0 Å². The van der Waals surface area contributed by atoms with E-state index in [2.05, 4.69) is 44.4 Å². The predicted molar refractivity (Wildman–Crippen MR) is 151 cm³/mol. The van der Waals surface area contributed by atoms with Gasteiger partial charge in [-0.1, -0.05) is 39.9 Å². The van der Waals surface area contributed by atoms with Crippen molar-refractivity contribution in [2.24, 2.45) is 10.8 Å². The van der Waals surface area contributed by atoms with Gasteiger partial charge in [-0.3, -0.25) is 9.69 Å². The molecule has 2 rings (SSSR count). The fraction of sp³-hybridized carbons (Fsp3) is 0.846. The molecule has 0 bridgehead atoms. The third-order valence-corrected chi connectivity index (χ3v) is 7.66. The normalized spacial score (nSPS) is 17.4. The van der Waals surface area contributed by atoms with Crippen LogP contribution >= 0.6 is 24.4 Å². The summed E-state index contributed by atoms with van der Waals surface area (Å²) in [7, 11) is 0. The quantitative estimate of drug-likeness (QED) is 0.154. The number of amides is 3. The fourth-order valence-corrected chi connectivity index (χ4v) is 5.21. The first-order chi connectivity index (χ1) is 16.9. The molecule has 0 aromatic heterocycles. The first kappa shape index (κ1) is 30.9. The molecule has 0 saturated carbocycles. The number of carbonyl (C=O) groups excluding carboxylic acids is 2. The lowest BCUT2D eigenvalue weighted by Gasteiger charge is -2.31. The number of likely N-dealkylation sites (N-methyl/N-ethyl adjacent to an activating group) is 2. The molecule has 2 saturated heterocycles. The molecule has 0 atom stereocenters. The Kier molecular flexibility index (Phi) is 12.0. The van der Waals surface area contributed by atoms with Gasteiger partial charge in [-0.25, -0.2) is 4.79 Å². The molecule has 0 aromatic rings. The van der Waals surface area contributed by atoms with Crippen molar-refractivity contribution in [3.05, 3.63) is 0 Å². The number of imide groups is 1. The molecule has 0 radical (unpaired) electrons. The summed E-state index contributed by atoms with van der Waals surface area (Å²) < 4.78 is 11.6. The lowest BCUT2D eigenvalue weighted by Crippen LogP contribution is -2.39. The Morgan fingerprint density at radius 1 is 0.750 bits per heavy atom. The van der Waals surface area contributed by atoms with Crippen LogP contribution in [0.15, 0.2) is 0 Å². The monoisotopic (exact) mass is 542 g/mol. The van der Waals surface area contributed by atoms with Crippen LogP contribution in [0.4, 0.5) is 4.79 Å². The van der Waals surface area contributed by atoms with Crippen LogP contribution in [0.5, 0.6) is 0 Å². The van der Waals surface area contributed by atoms with E-state index in [1.807, 2.05) is 6.92 Å². The summed E-state index contributed by atoms with van der Waals surface area (Å²) in [6.45, 7) is 19.1. The first-order valence-corrected chi connectivity index (χ1v) is 14.1. The largest absolute Gasteiger partial charge is 0.381 e. The third-order valence-electron chi connectivity index (χ3n) is 6.84. The maximum absolute atomic E-state index is 12.3. The van der Waals surface area contributed by atoms with Gasteiger partial charge in [0, 0.05) is 52.6 Å². The van der Waals surface area contributed by atoms with Crippen molar-refractivity contribution in [1.29, 1.82) is 0 Å². The van der Waals surface area contributed by atoms with Crippen LogP contribution in [0.1, 0.15) is 67.2 Å². The molecule has 0 spiro atoms. The molecule has 0 aromatic carbocycles. The molecule has 2 aliphatic rings. The number of nitrogens with zero attached hydrogens (tertiary/aromatic N) is 4. The number of ether oxygens (including phenoxy) is 2. The standard InChI is InChI=1S/C26H46N4O4S2/c1-7-27-17-21(31)29(23(27)32)19-25(3,4)11-9-13-33-14-10-15-34-16-12-26(5,6)20-30-22(35)18-28(8-2)24(30)36/h7-20H2,1-6H3. The van der Waals surface area contributed by atoms with Crippen LogP contribution in [0.2, 0.25) is 0 Å². The van der Waals surface area contributed by atoms with E-state index in [0.29, 0.717) is 39.5 Å². The van der Waals surface area contributed by atoms with Crippen molar-refractivity contribution >= 4 is 46.5 Å². The average molecular weight is 543 g/mol. The van der Waals surface area contributed by atoms with Crippen LogP contribution in [0.25, 0.3) is 0 Å². The Morgan fingerprint density at radius 3 is 1.89 bits per heavy atom. The zero-order valence-corrected chi connectivity index (χ0v) is 24.8. The van der Waals surface area contributed by atoms with E-state index < -0.39 is 0 Å². The smallest absolute Gasteiger partial charge is 0.327 e. The second-order valence-corrected chi connectivity index (χ2v) is 12.1. The van der Waals surface area contributed by atoms with Gasteiger partial charge in [0.1, 0.15) is 11.5 Å². The van der Waals surface area contributed by atoms with E-state index in [9.17, 15) is 9.59 Å². The molecule has 2 heterocycles. The van der Waals surface area contributed by atoms with Gasteiger partial charge in [-0.05, 0) is 62.6 Å². The maximum Gasteiger partial charge on any atom is 0.327 e. The summed E-state index contributed by atoms with van der Waals surface area (Å²) in [5, 5.41) is 0.846. The molecule has 10 heteroatoms. The maximum atomic E-state index is 12.3. The second kappa shape index (κ2) is 14.0. The summed E-state index contributed by atoms with van der Waals surface area (Å²) in [6, 6.07) is -0.165. The zero-order chi connectivity index (χ0) is 26.9. The van der Waals surface area contributed by atoms with Crippen molar-refractivity contribution in [3.8, 4) is 0 Å². The number of thiocarbonyl (C=S) groups is 2. The van der Waals surface area contributed by atoms with Gasteiger partial charge < -0.3 is 24.2 Å². The SMILES string of the molecule is CCN1CC(=O)N(CC(C)(C)CCCOCCCOCCC(C)(C)CN2C(=S)CN(CC)C2=S)C1=O. The minimum absolute atomic E-state index is 0.0558. The molecule has 36 heavy (non-hydrogen) atoms. The van der Waals surface area contributed by atoms with Gasteiger partial charge >= 0.3 is 6.03 Å². The van der Waals surface area contributed by atoms with Gasteiger partial charge in [-0.2, -0.15) is 0 Å². The van der Waals surface area contributed by atoms with E-state index >= 15 is 0 Å². The van der Waals surface area contributed by atoms with E-state index in [1.165, 1.54) is 4.90 Å². The van der Waals surface area contributed by atoms with Gasteiger partial charge in [0.25, 0.3) is 0 Å². The summed E-state index contributed by atoms with van der Waals surface area (Å²) in [5.74, 6) is -0.0966. The Hall–Kier alpha value is -1.36. The minimum atomic E-state index is -0.165. The number of hydrogen-bond donors (Lipinski definition) is 0. The summed E-state index contributed by atoms with van der Waals surface area (Å²) in [6.07, 6.45) is 3.58. The number of urea groups is 1. The number of carbonyl (C=O) groups is 2.